The van der Waals surface area contributed by atoms with Crippen molar-refractivity contribution in [2.75, 3.05) is 6.61 Å². The third-order valence-electron chi connectivity index (χ3n) is 1.69. The molecule has 1 aliphatic heterocycles. The summed E-state index contributed by atoms with van der Waals surface area (Å²) in [6, 6.07) is 0. The highest BCUT2D eigenvalue weighted by Crippen LogP contribution is 2.15. The van der Waals surface area contributed by atoms with E-state index in [1.165, 1.54) is 0 Å². The van der Waals surface area contributed by atoms with Crippen LogP contribution in [-0.2, 0) is 19.1 Å². The van der Waals surface area contributed by atoms with E-state index in [0.29, 0.717) is 0 Å². The summed E-state index contributed by atoms with van der Waals surface area (Å²) in [5.74, 6) is -3.11. The molecule has 0 amide bonds. The molecule has 0 saturated heterocycles. The predicted octanol–water partition coefficient (Wildman–Crippen LogP) is 1.83. The Morgan fingerprint density at radius 1 is 1.44 bits per heavy atom. The summed E-state index contributed by atoms with van der Waals surface area (Å²) in [7, 11) is 0. The number of esters is 2. The Morgan fingerprint density at radius 2 is 2.12 bits per heavy atom. The highest BCUT2D eigenvalue weighted by molar-refractivity contribution is 5.96. The van der Waals surface area contributed by atoms with Crippen molar-refractivity contribution < 1.29 is 32.2 Å². The molecule has 16 heavy (non-hydrogen) atoms. The van der Waals surface area contributed by atoms with Crippen molar-refractivity contribution in [2.24, 2.45) is 0 Å². The van der Waals surface area contributed by atoms with Gasteiger partial charge in [0.05, 0.1) is 18.6 Å². The van der Waals surface area contributed by atoms with E-state index in [1.807, 2.05) is 0 Å². The van der Waals surface area contributed by atoms with E-state index in [1.54, 1.807) is 0 Å². The molecule has 4 nitrogen and oxygen atoms in total. The van der Waals surface area contributed by atoms with E-state index >= 15 is 0 Å². The van der Waals surface area contributed by atoms with Crippen LogP contribution in [0.3, 0.4) is 0 Å². The zero-order valence-corrected chi connectivity index (χ0v) is 7.97. The maximum Gasteiger partial charge on any atom is 0.337 e. The summed E-state index contributed by atoms with van der Waals surface area (Å²) in [5, 5.41) is 0. The second-order valence-corrected chi connectivity index (χ2v) is 2.86. The first-order valence-electron chi connectivity index (χ1n) is 4.26. The summed E-state index contributed by atoms with van der Waals surface area (Å²) < 4.78 is 44.2. The van der Waals surface area contributed by atoms with Gasteiger partial charge in [0, 0.05) is 6.42 Å². The van der Waals surface area contributed by atoms with Gasteiger partial charge in [0.15, 0.2) is 5.83 Å². The molecule has 0 radical (unpaired) electrons. The van der Waals surface area contributed by atoms with E-state index in [9.17, 15) is 22.8 Å². The molecule has 0 bridgehead atoms. The molecular formula is C9H7F3O4. The Balaban J connectivity index is 2.32. The van der Waals surface area contributed by atoms with Crippen LogP contribution in [0.4, 0.5) is 13.2 Å². The van der Waals surface area contributed by atoms with Gasteiger partial charge in [-0.2, -0.15) is 8.78 Å². The third kappa shape index (κ3) is 3.41. The normalized spacial score (nSPS) is 14.2. The van der Waals surface area contributed by atoms with E-state index in [2.05, 4.69) is 9.47 Å². The Hall–Kier alpha value is -1.79. The lowest BCUT2D eigenvalue weighted by atomic mass is 10.2. The molecule has 1 rings (SSSR count). The number of ether oxygens (including phenoxy) is 2. The van der Waals surface area contributed by atoms with Crippen molar-refractivity contribution in [3.63, 3.8) is 0 Å². The minimum Gasteiger partial charge on any atom is -0.462 e. The molecule has 1 aliphatic rings. The van der Waals surface area contributed by atoms with E-state index in [4.69, 9.17) is 0 Å². The van der Waals surface area contributed by atoms with Gasteiger partial charge >= 0.3 is 18.0 Å². The van der Waals surface area contributed by atoms with Gasteiger partial charge in [0.25, 0.3) is 0 Å². The second-order valence-electron chi connectivity index (χ2n) is 2.86. The van der Waals surface area contributed by atoms with Gasteiger partial charge in [0.1, 0.15) is 6.26 Å². The molecule has 0 aromatic carbocycles. The number of carbonyl (C=O) groups excluding carboxylic acids is 2. The molecular weight excluding hydrogens is 229 g/mol. The molecule has 0 aromatic rings. The fourth-order valence-electron chi connectivity index (χ4n) is 0.916. The first-order chi connectivity index (χ1) is 7.50. The second kappa shape index (κ2) is 5.34. The van der Waals surface area contributed by atoms with Crippen molar-refractivity contribution >= 4 is 11.9 Å². The van der Waals surface area contributed by atoms with Gasteiger partial charge in [-0.25, -0.2) is 9.18 Å². The molecule has 0 saturated carbocycles. The van der Waals surface area contributed by atoms with E-state index in [0.717, 1.165) is 6.26 Å². The first-order valence-corrected chi connectivity index (χ1v) is 4.26. The lowest BCUT2D eigenvalue weighted by Crippen LogP contribution is -2.09. The Labute approximate surface area is 88.3 Å². The fraction of sp³-hybridized carbons (Fsp3) is 0.333. The highest BCUT2D eigenvalue weighted by Gasteiger charge is 2.22. The molecule has 0 spiro atoms. The Kier molecular flexibility index (Phi) is 4.10. The van der Waals surface area contributed by atoms with Crippen molar-refractivity contribution in [1.82, 2.24) is 0 Å². The van der Waals surface area contributed by atoms with Crippen LogP contribution in [0.1, 0.15) is 12.8 Å². The monoisotopic (exact) mass is 236 g/mol. The minimum atomic E-state index is -2.44. The number of hydrogen-bond acceptors (Lipinski definition) is 4. The summed E-state index contributed by atoms with van der Waals surface area (Å²) in [6.45, 7) is -0.520. The van der Waals surface area contributed by atoms with E-state index in [-0.39, 0.29) is 12.0 Å². The van der Waals surface area contributed by atoms with E-state index < -0.39 is 36.9 Å². The van der Waals surface area contributed by atoms with Gasteiger partial charge in [-0.1, -0.05) is 0 Å². The van der Waals surface area contributed by atoms with Crippen LogP contribution in [0.2, 0.25) is 0 Å². The smallest absolute Gasteiger partial charge is 0.337 e. The maximum absolute atomic E-state index is 12.3. The van der Waals surface area contributed by atoms with Gasteiger partial charge in [0.2, 0.25) is 0 Å². The average molecular weight is 236 g/mol. The van der Waals surface area contributed by atoms with Crippen molar-refractivity contribution in [1.29, 1.82) is 0 Å². The standard InChI is InChI=1S/C9H7F3O4/c10-6(8(11)12)1-2-15-9(14)5-3-7(13)16-4-5/h4H,1-3H2. The molecule has 88 valence electrons. The fourth-order valence-corrected chi connectivity index (χ4v) is 0.916. The highest BCUT2D eigenvalue weighted by atomic mass is 19.3. The van der Waals surface area contributed by atoms with Crippen LogP contribution in [0, 0.1) is 0 Å². The molecule has 0 aromatic heterocycles. The molecule has 7 heteroatoms. The number of carbonyl (C=O) groups is 2. The van der Waals surface area contributed by atoms with Crippen LogP contribution >= 0.6 is 0 Å². The topological polar surface area (TPSA) is 52.6 Å². The quantitative estimate of drug-likeness (QED) is 0.698. The molecule has 0 atom stereocenters. The van der Waals surface area contributed by atoms with Crippen molar-refractivity contribution in [3.8, 4) is 0 Å². The minimum absolute atomic E-state index is 0.0184. The number of halogens is 3. The summed E-state index contributed by atoms with van der Waals surface area (Å²) in [4.78, 5) is 21.7. The molecule has 0 N–H and O–H groups in total. The number of cyclic esters (lactones) is 1. The van der Waals surface area contributed by atoms with Crippen LogP contribution in [0.25, 0.3) is 0 Å². The zero-order valence-electron chi connectivity index (χ0n) is 7.97. The van der Waals surface area contributed by atoms with Crippen LogP contribution in [-0.4, -0.2) is 18.5 Å². The number of rotatable bonds is 4. The lowest BCUT2D eigenvalue weighted by molar-refractivity contribution is -0.140. The first kappa shape index (κ1) is 12.3. The molecule has 1 heterocycles. The number of hydrogen-bond donors (Lipinski definition) is 0. The zero-order chi connectivity index (χ0) is 12.1. The summed E-state index contributed by atoms with van der Waals surface area (Å²) in [5.41, 5.74) is -0.0184. The third-order valence-corrected chi connectivity index (χ3v) is 1.69. The van der Waals surface area contributed by atoms with Crippen LogP contribution in [0.15, 0.2) is 23.7 Å². The SMILES string of the molecule is O=C1CC(C(=O)OCCC(F)=C(F)F)=CO1. The molecule has 0 fully saturated rings. The average Bonchev–Trinajstić information content (AvgIpc) is 2.64. The maximum atomic E-state index is 12.3. The summed E-state index contributed by atoms with van der Waals surface area (Å²) >= 11 is 0. The van der Waals surface area contributed by atoms with Crippen molar-refractivity contribution in [3.05, 3.63) is 23.7 Å². The van der Waals surface area contributed by atoms with Gasteiger partial charge in [-0.05, 0) is 0 Å². The van der Waals surface area contributed by atoms with Gasteiger partial charge in [-0.3, -0.25) is 4.79 Å². The Bertz CT molecular complexity index is 369. The lowest BCUT2D eigenvalue weighted by Gasteiger charge is -2.02. The van der Waals surface area contributed by atoms with Gasteiger partial charge < -0.3 is 9.47 Å². The predicted molar refractivity (Wildman–Crippen MR) is 44.7 cm³/mol. The van der Waals surface area contributed by atoms with Crippen molar-refractivity contribution in [2.45, 2.75) is 12.8 Å². The molecule has 0 aliphatic carbocycles. The van der Waals surface area contributed by atoms with Crippen LogP contribution < -0.4 is 0 Å². The molecule has 0 unspecified atom stereocenters. The largest absolute Gasteiger partial charge is 0.462 e. The van der Waals surface area contributed by atoms with Crippen LogP contribution in [0.5, 0.6) is 0 Å². The summed E-state index contributed by atoms with van der Waals surface area (Å²) in [6.07, 6.45) is -2.44. The van der Waals surface area contributed by atoms with Gasteiger partial charge in [-0.15, -0.1) is 0 Å². The Morgan fingerprint density at radius 3 is 2.62 bits per heavy atom.